The molecule has 0 saturated carbocycles. The Kier molecular flexibility index (Phi) is 2.77. The topological polar surface area (TPSA) is 54.2 Å². The van der Waals surface area contributed by atoms with E-state index in [4.69, 9.17) is 5.73 Å². The second-order valence-electron chi connectivity index (χ2n) is 4.34. The first-order valence-corrected chi connectivity index (χ1v) is 5.32. The summed E-state index contributed by atoms with van der Waals surface area (Å²) in [6.45, 7) is 4.20. The molecule has 4 heteroatoms. The second kappa shape index (κ2) is 4.06. The van der Waals surface area contributed by atoms with Crippen LogP contribution in [0.2, 0.25) is 0 Å². The smallest absolute Gasteiger partial charge is 0.149 e. The number of nitrogen functional groups attached to an aromatic ring is 1. The number of hydrogen-bond acceptors (Lipinski definition) is 4. The van der Waals surface area contributed by atoms with Gasteiger partial charge in [-0.25, -0.2) is 4.98 Å². The van der Waals surface area contributed by atoms with Crippen LogP contribution in [-0.4, -0.2) is 36.1 Å². The minimum Gasteiger partial charge on any atom is -0.396 e. The maximum atomic E-state index is 5.90. The number of nitrogens with two attached hydrogens (primary N) is 1. The molecule has 0 spiro atoms. The average Bonchev–Trinajstić information content (AvgIpc) is 2.56. The first kappa shape index (κ1) is 10.2. The Balaban J connectivity index is 2.04. The van der Waals surface area contributed by atoms with Crippen molar-refractivity contribution in [2.24, 2.45) is 0 Å². The number of rotatable bonds is 2. The third kappa shape index (κ3) is 2.39. The molecule has 0 bridgehead atoms. The molecular weight excluding hydrogens is 188 g/mol. The summed E-state index contributed by atoms with van der Waals surface area (Å²) >= 11 is 0. The molecule has 82 valence electrons. The molecule has 0 aromatic carbocycles. The molecule has 1 aromatic rings. The summed E-state index contributed by atoms with van der Waals surface area (Å²) in [5.74, 6) is 0.820. The van der Waals surface area contributed by atoms with Crippen LogP contribution in [0, 0.1) is 6.92 Å². The number of anilines is 2. The van der Waals surface area contributed by atoms with E-state index >= 15 is 0 Å². The predicted octanol–water partition coefficient (Wildman–Crippen LogP) is 1.09. The van der Waals surface area contributed by atoms with Crippen LogP contribution in [0.4, 0.5) is 11.5 Å². The Morgan fingerprint density at radius 2 is 2.40 bits per heavy atom. The van der Waals surface area contributed by atoms with Gasteiger partial charge in [-0.05, 0) is 38.6 Å². The summed E-state index contributed by atoms with van der Waals surface area (Å²) in [5, 5.41) is 3.39. The van der Waals surface area contributed by atoms with Crippen molar-refractivity contribution >= 4 is 11.5 Å². The van der Waals surface area contributed by atoms with Crippen molar-refractivity contribution in [3.8, 4) is 0 Å². The number of hydrogen-bond donors (Lipinski definition) is 2. The lowest BCUT2D eigenvalue weighted by Crippen LogP contribution is -2.24. The summed E-state index contributed by atoms with van der Waals surface area (Å²) in [7, 11) is 2.13. The van der Waals surface area contributed by atoms with Crippen molar-refractivity contribution in [1.82, 2.24) is 9.88 Å². The van der Waals surface area contributed by atoms with Crippen molar-refractivity contribution in [2.45, 2.75) is 19.4 Å². The van der Waals surface area contributed by atoms with E-state index in [0.29, 0.717) is 6.04 Å². The van der Waals surface area contributed by atoms with Gasteiger partial charge in [0.05, 0.1) is 5.69 Å². The number of nitrogens with zero attached hydrogens (tertiary/aromatic N) is 2. The highest BCUT2D eigenvalue weighted by Gasteiger charge is 2.19. The van der Waals surface area contributed by atoms with Gasteiger partial charge in [0.2, 0.25) is 0 Å². The van der Waals surface area contributed by atoms with Gasteiger partial charge < -0.3 is 16.0 Å². The zero-order chi connectivity index (χ0) is 10.8. The van der Waals surface area contributed by atoms with Crippen molar-refractivity contribution in [1.29, 1.82) is 0 Å². The third-order valence-electron chi connectivity index (χ3n) is 2.79. The van der Waals surface area contributed by atoms with Gasteiger partial charge in [0, 0.05) is 18.8 Å². The summed E-state index contributed by atoms with van der Waals surface area (Å²) in [4.78, 5) is 6.62. The van der Waals surface area contributed by atoms with E-state index in [1.54, 1.807) is 0 Å². The number of pyridine rings is 1. The molecule has 15 heavy (non-hydrogen) atoms. The molecule has 2 heterocycles. The van der Waals surface area contributed by atoms with Crippen LogP contribution in [0.25, 0.3) is 0 Å². The number of aryl methyl sites for hydroxylation is 1. The van der Waals surface area contributed by atoms with Crippen molar-refractivity contribution in [3.05, 3.63) is 17.8 Å². The maximum absolute atomic E-state index is 5.90. The molecule has 1 fully saturated rings. The standard InChI is InChI=1S/C11H18N4/c1-8-5-10(12)11(13-6-8)14-9-3-4-15(2)7-9/h5-6,9H,3-4,7,12H2,1-2H3,(H,13,14). The number of likely N-dealkylation sites (N-methyl/N-ethyl adjacent to an activating group) is 1. The van der Waals surface area contributed by atoms with Gasteiger partial charge in [-0.1, -0.05) is 0 Å². The van der Waals surface area contributed by atoms with Crippen LogP contribution < -0.4 is 11.1 Å². The summed E-state index contributed by atoms with van der Waals surface area (Å²) in [6.07, 6.45) is 3.00. The third-order valence-corrected chi connectivity index (χ3v) is 2.79. The Labute approximate surface area is 90.5 Å². The highest BCUT2D eigenvalue weighted by atomic mass is 15.2. The molecule has 0 aliphatic carbocycles. The predicted molar refractivity (Wildman–Crippen MR) is 62.9 cm³/mol. The largest absolute Gasteiger partial charge is 0.396 e. The van der Waals surface area contributed by atoms with Crippen molar-refractivity contribution < 1.29 is 0 Å². The number of likely N-dealkylation sites (tertiary alicyclic amines) is 1. The van der Waals surface area contributed by atoms with Gasteiger partial charge in [0.1, 0.15) is 5.82 Å². The van der Waals surface area contributed by atoms with Gasteiger partial charge in [0.15, 0.2) is 0 Å². The maximum Gasteiger partial charge on any atom is 0.149 e. The van der Waals surface area contributed by atoms with Crippen LogP contribution in [0.15, 0.2) is 12.3 Å². The highest BCUT2D eigenvalue weighted by molar-refractivity contribution is 5.62. The Morgan fingerprint density at radius 1 is 1.60 bits per heavy atom. The fourth-order valence-electron chi connectivity index (χ4n) is 1.96. The Hall–Kier alpha value is -1.29. The quantitative estimate of drug-likeness (QED) is 0.760. The zero-order valence-electron chi connectivity index (χ0n) is 9.33. The lowest BCUT2D eigenvalue weighted by Gasteiger charge is -2.15. The van der Waals surface area contributed by atoms with E-state index in [1.807, 2.05) is 19.2 Å². The lowest BCUT2D eigenvalue weighted by atomic mass is 10.2. The van der Waals surface area contributed by atoms with Gasteiger partial charge in [-0.15, -0.1) is 0 Å². The molecular formula is C11H18N4. The minimum atomic E-state index is 0.479. The first-order valence-electron chi connectivity index (χ1n) is 5.32. The molecule has 1 aliphatic heterocycles. The zero-order valence-corrected chi connectivity index (χ0v) is 9.33. The van der Waals surface area contributed by atoms with E-state index in [2.05, 4.69) is 22.2 Å². The van der Waals surface area contributed by atoms with Crippen LogP contribution >= 0.6 is 0 Å². The molecule has 1 atom stereocenters. The number of nitrogens with one attached hydrogen (secondary N) is 1. The molecule has 4 nitrogen and oxygen atoms in total. The molecule has 1 aliphatic rings. The lowest BCUT2D eigenvalue weighted by molar-refractivity contribution is 0.414. The van der Waals surface area contributed by atoms with E-state index in [0.717, 1.165) is 36.6 Å². The average molecular weight is 206 g/mol. The van der Waals surface area contributed by atoms with Crippen molar-refractivity contribution in [3.63, 3.8) is 0 Å². The van der Waals surface area contributed by atoms with E-state index in [-0.39, 0.29) is 0 Å². The monoisotopic (exact) mass is 206 g/mol. The van der Waals surface area contributed by atoms with E-state index in [9.17, 15) is 0 Å². The molecule has 2 rings (SSSR count). The highest BCUT2D eigenvalue weighted by Crippen LogP contribution is 2.19. The molecule has 0 amide bonds. The number of aromatic nitrogens is 1. The van der Waals surface area contributed by atoms with E-state index < -0.39 is 0 Å². The van der Waals surface area contributed by atoms with Crippen molar-refractivity contribution in [2.75, 3.05) is 31.2 Å². The fourth-order valence-corrected chi connectivity index (χ4v) is 1.96. The minimum absolute atomic E-state index is 0.479. The summed E-state index contributed by atoms with van der Waals surface area (Å²) < 4.78 is 0. The molecule has 3 N–H and O–H groups in total. The second-order valence-corrected chi connectivity index (χ2v) is 4.34. The van der Waals surface area contributed by atoms with Gasteiger partial charge in [-0.2, -0.15) is 0 Å². The fraction of sp³-hybridized carbons (Fsp3) is 0.545. The van der Waals surface area contributed by atoms with E-state index in [1.165, 1.54) is 0 Å². The SMILES string of the molecule is Cc1cnc(NC2CCN(C)C2)c(N)c1. The normalized spacial score (nSPS) is 21.9. The summed E-state index contributed by atoms with van der Waals surface area (Å²) in [5.41, 5.74) is 7.73. The Bertz CT molecular complexity index is 350. The van der Waals surface area contributed by atoms with Crippen LogP contribution in [-0.2, 0) is 0 Å². The molecule has 1 unspecified atom stereocenters. The van der Waals surface area contributed by atoms with Crippen LogP contribution in [0.1, 0.15) is 12.0 Å². The summed E-state index contributed by atoms with van der Waals surface area (Å²) in [6, 6.07) is 2.43. The molecule has 0 radical (unpaired) electrons. The van der Waals surface area contributed by atoms with Gasteiger partial charge in [-0.3, -0.25) is 0 Å². The molecule has 1 saturated heterocycles. The van der Waals surface area contributed by atoms with Gasteiger partial charge in [0.25, 0.3) is 0 Å². The first-order chi connectivity index (χ1) is 7.15. The van der Waals surface area contributed by atoms with Crippen LogP contribution in [0.5, 0.6) is 0 Å². The Morgan fingerprint density at radius 3 is 3.00 bits per heavy atom. The van der Waals surface area contributed by atoms with Crippen LogP contribution in [0.3, 0.4) is 0 Å². The van der Waals surface area contributed by atoms with Gasteiger partial charge >= 0.3 is 0 Å². The molecule has 1 aromatic heterocycles.